The summed E-state index contributed by atoms with van der Waals surface area (Å²) in [5.74, 6) is -3.83. The summed E-state index contributed by atoms with van der Waals surface area (Å²) in [5.41, 5.74) is 0. The summed E-state index contributed by atoms with van der Waals surface area (Å²) in [6.45, 7) is 6.58. The molecule has 0 rings (SSSR count). The van der Waals surface area contributed by atoms with Crippen LogP contribution in [0.1, 0.15) is 137 Å². The minimum atomic E-state index is -1.42. The second-order valence-corrected chi connectivity index (χ2v) is 10.7. The quantitative estimate of drug-likeness (QED) is 0.0846. The van der Waals surface area contributed by atoms with E-state index in [0.29, 0.717) is 6.42 Å². The number of allylic oxidation sites excluding steroid dienone is 2. The molecule has 0 spiro atoms. The van der Waals surface area contributed by atoms with Crippen molar-refractivity contribution in [2.24, 2.45) is 0 Å². The average Bonchev–Trinajstić information content (AvgIpc) is 2.86. The lowest BCUT2D eigenvalue weighted by molar-refractivity contribution is -0.969. The fourth-order valence-electron chi connectivity index (χ4n) is 5.36. The molecule has 0 aliphatic carbocycles. The van der Waals surface area contributed by atoms with E-state index < -0.39 is 40.5 Å². The van der Waals surface area contributed by atoms with Gasteiger partial charge in [0.1, 0.15) is 6.04 Å². The first-order valence-electron chi connectivity index (χ1n) is 14.8. The van der Waals surface area contributed by atoms with Crippen LogP contribution in [0.3, 0.4) is 0 Å². The Balaban J connectivity index is 4.18. The maximum Gasteiger partial charge on any atom is 0.362 e. The maximum absolute atomic E-state index is 11.8. The van der Waals surface area contributed by atoms with Gasteiger partial charge in [-0.25, -0.2) is 9.59 Å². The number of carbonyl (C=O) groups excluding carboxylic acids is 1. The Labute approximate surface area is 225 Å². The molecule has 3 atom stereocenters. The molecule has 0 aliphatic heterocycles. The highest BCUT2D eigenvalue weighted by Crippen LogP contribution is 2.27. The number of unbranched alkanes of at least 4 members (excludes halogenated alkanes) is 15. The van der Waals surface area contributed by atoms with E-state index in [4.69, 9.17) is 0 Å². The highest BCUT2D eigenvalue weighted by atomic mass is 16.4. The Morgan fingerprint density at radius 2 is 0.973 bits per heavy atom. The van der Waals surface area contributed by atoms with E-state index in [-0.39, 0.29) is 6.54 Å². The molecule has 7 nitrogen and oxygen atoms in total. The van der Waals surface area contributed by atoms with Crippen LogP contribution < -0.4 is 5.11 Å². The molecule has 37 heavy (non-hydrogen) atoms. The Hall–Kier alpha value is -1.89. The monoisotopic (exact) mass is 525 g/mol. The van der Waals surface area contributed by atoms with Crippen LogP contribution in [0.15, 0.2) is 12.2 Å². The van der Waals surface area contributed by atoms with Crippen LogP contribution >= 0.6 is 0 Å². The zero-order valence-electron chi connectivity index (χ0n) is 24.1. The molecule has 7 heteroatoms. The van der Waals surface area contributed by atoms with Crippen LogP contribution in [-0.4, -0.2) is 57.3 Å². The van der Waals surface area contributed by atoms with Crippen molar-refractivity contribution in [3.8, 4) is 0 Å². The predicted octanol–water partition coefficient (Wildman–Crippen LogP) is 6.10. The number of carbonyl (C=O) groups is 3. The summed E-state index contributed by atoms with van der Waals surface area (Å²) in [4.78, 5) is 35.2. The third-order valence-electron chi connectivity index (χ3n) is 8.03. The van der Waals surface area contributed by atoms with Crippen LogP contribution in [-0.2, 0) is 14.4 Å². The van der Waals surface area contributed by atoms with Crippen molar-refractivity contribution in [3.05, 3.63) is 12.2 Å². The van der Waals surface area contributed by atoms with Crippen LogP contribution in [0.5, 0.6) is 0 Å². The summed E-state index contributed by atoms with van der Waals surface area (Å²) in [6, 6.07) is -3.57. The second kappa shape index (κ2) is 21.1. The summed E-state index contributed by atoms with van der Waals surface area (Å²) in [6.07, 6.45) is 24.7. The minimum absolute atomic E-state index is 0.178. The standard InChI is InChI=1S/C30H55NO6/c1-5-6-7-8-9-10-11-12-13-14-15-16-17-18-19-20-21-22-23-24-31(25(2)28(32)33,26(3)29(34)35)27(4)30(36)37/h15-16,25-27H,5-14,17-24H2,1-4H3,(H2-,32,33,34,35,36,37)/b16-15+. The van der Waals surface area contributed by atoms with Crippen LogP contribution in [0.2, 0.25) is 0 Å². The largest absolute Gasteiger partial charge is 0.544 e. The Morgan fingerprint density at radius 3 is 1.32 bits per heavy atom. The van der Waals surface area contributed by atoms with E-state index in [2.05, 4.69) is 19.1 Å². The summed E-state index contributed by atoms with van der Waals surface area (Å²) >= 11 is 0. The number of hydrogen-bond donors (Lipinski definition) is 2. The van der Waals surface area contributed by atoms with Crippen LogP contribution in [0.4, 0.5) is 0 Å². The van der Waals surface area contributed by atoms with Gasteiger partial charge in [-0.1, -0.05) is 89.7 Å². The van der Waals surface area contributed by atoms with Gasteiger partial charge in [0.15, 0.2) is 12.1 Å². The van der Waals surface area contributed by atoms with Crippen molar-refractivity contribution in [1.29, 1.82) is 0 Å². The molecule has 0 bridgehead atoms. The number of hydrogen-bond acceptors (Lipinski definition) is 4. The first kappa shape index (κ1) is 35.1. The van der Waals surface area contributed by atoms with Gasteiger partial charge in [0.05, 0.1) is 12.5 Å². The summed E-state index contributed by atoms with van der Waals surface area (Å²) < 4.78 is -0.545. The topological polar surface area (TPSA) is 115 Å². The van der Waals surface area contributed by atoms with E-state index >= 15 is 0 Å². The van der Waals surface area contributed by atoms with E-state index in [1.807, 2.05) is 0 Å². The smallest absolute Gasteiger partial charge is 0.362 e. The van der Waals surface area contributed by atoms with Crippen molar-refractivity contribution in [2.75, 3.05) is 6.54 Å². The molecule has 2 N–H and O–H groups in total. The number of aliphatic carboxylic acids is 3. The number of carboxylic acids is 3. The molecular weight excluding hydrogens is 470 g/mol. The fourth-order valence-corrected chi connectivity index (χ4v) is 5.36. The van der Waals surface area contributed by atoms with Crippen molar-refractivity contribution in [1.82, 2.24) is 0 Å². The van der Waals surface area contributed by atoms with Gasteiger partial charge in [0.25, 0.3) is 0 Å². The van der Waals surface area contributed by atoms with Crippen LogP contribution in [0, 0.1) is 0 Å². The van der Waals surface area contributed by atoms with Gasteiger partial charge in [-0.3, -0.25) is 4.48 Å². The van der Waals surface area contributed by atoms with Gasteiger partial charge in [0, 0.05) is 0 Å². The fraction of sp³-hybridized carbons (Fsp3) is 0.833. The van der Waals surface area contributed by atoms with Gasteiger partial charge in [-0.05, 0) is 59.3 Å². The second-order valence-electron chi connectivity index (χ2n) is 10.7. The Morgan fingerprint density at radius 1 is 0.622 bits per heavy atom. The van der Waals surface area contributed by atoms with Gasteiger partial charge in [-0.2, -0.15) is 0 Å². The minimum Gasteiger partial charge on any atom is -0.544 e. The highest BCUT2D eigenvalue weighted by Gasteiger charge is 2.50. The maximum atomic E-state index is 11.8. The molecule has 0 heterocycles. The third-order valence-corrected chi connectivity index (χ3v) is 8.03. The predicted molar refractivity (Wildman–Crippen MR) is 147 cm³/mol. The number of carboxylic acid groups (broad SMARTS) is 3. The van der Waals surface area contributed by atoms with Gasteiger partial charge < -0.3 is 20.1 Å². The molecule has 0 aromatic carbocycles. The first-order chi connectivity index (χ1) is 17.6. The van der Waals surface area contributed by atoms with Crippen molar-refractivity contribution in [2.45, 2.75) is 155 Å². The molecule has 0 saturated heterocycles. The zero-order chi connectivity index (χ0) is 28.1. The lowest BCUT2D eigenvalue weighted by atomic mass is 10.00. The molecular formula is C30H55NO6. The SMILES string of the molecule is CCCCCCCCCCC/C=C/CCCCCCCC[N+](C(C)C(=O)[O-])(C(C)C(=O)O)C(C)C(=O)O. The Bertz CT molecular complexity index is 612. The van der Waals surface area contributed by atoms with Gasteiger partial charge in [-0.15, -0.1) is 0 Å². The van der Waals surface area contributed by atoms with Crippen LogP contribution in [0.25, 0.3) is 0 Å². The van der Waals surface area contributed by atoms with Crippen molar-refractivity contribution >= 4 is 17.9 Å². The molecule has 0 aliphatic rings. The van der Waals surface area contributed by atoms with Crippen molar-refractivity contribution in [3.63, 3.8) is 0 Å². The van der Waals surface area contributed by atoms with E-state index in [1.54, 1.807) is 0 Å². The average molecular weight is 526 g/mol. The Kier molecular flexibility index (Phi) is 20.0. The normalized spacial score (nSPS) is 15.8. The van der Waals surface area contributed by atoms with E-state index in [9.17, 15) is 29.7 Å². The number of nitrogens with zero attached hydrogens (tertiary/aromatic N) is 1. The summed E-state index contributed by atoms with van der Waals surface area (Å²) in [5, 5.41) is 30.9. The number of rotatable bonds is 25. The lowest BCUT2D eigenvalue weighted by Gasteiger charge is -2.49. The highest BCUT2D eigenvalue weighted by molar-refractivity contribution is 5.76. The third kappa shape index (κ3) is 14.0. The van der Waals surface area contributed by atoms with Gasteiger partial charge in [0.2, 0.25) is 0 Å². The molecule has 216 valence electrons. The molecule has 0 saturated carbocycles. The van der Waals surface area contributed by atoms with E-state index in [0.717, 1.165) is 38.5 Å². The molecule has 0 radical (unpaired) electrons. The molecule has 3 unspecified atom stereocenters. The van der Waals surface area contributed by atoms with Gasteiger partial charge >= 0.3 is 11.9 Å². The lowest BCUT2D eigenvalue weighted by Crippen LogP contribution is -2.72. The molecule has 0 aromatic rings. The molecule has 0 fully saturated rings. The summed E-state index contributed by atoms with van der Waals surface area (Å²) in [7, 11) is 0. The molecule has 0 aromatic heterocycles. The zero-order valence-corrected chi connectivity index (χ0v) is 24.1. The number of quaternary nitrogens is 1. The van der Waals surface area contributed by atoms with Crippen molar-refractivity contribution < 1.29 is 34.2 Å². The van der Waals surface area contributed by atoms with E-state index in [1.165, 1.54) is 85.0 Å². The first-order valence-corrected chi connectivity index (χ1v) is 14.8. The molecule has 0 amide bonds.